The number of carbonyl (C=O) groups excluding carboxylic acids is 1. The quantitative estimate of drug-likeness (QED) is 0.249. The Morgan fingerprint density at radius 1 is 1.06 bits per heavy atom. The molecule has 4 fully saturated rings. The summed E-state index contributed by atoms with van der Waals surface area (Å²) < 4.78 is 64.7. The van der Waals surface area contributed by atoms with E-state index in [1.807, 2.05) is 23.4 Å². The van der Waals surface area contributed by atoms with Gasteiger partial charge >= 0.3 is 6.09 Å². The van der Waals surface area contributed by atoms with Crippen LogP contribution in [0, 0.1) is 17.7 Å². The fourth-order valence-electron chi connectivity index (χ4n) is 9.15. The third-order valence-electron chi connectivity index (χ3n) is 11.8. The summed E-state index contributed by atoms with van der Waals surface area (Å²) in [7, 11) is -1.69. The Morgan fingerprint density at radius 3 is 2.46 bits per heavy atom. The summed E-state index contributed by atoms with van der Waals surface area (Å²) in [6, 6.07) is 13.8. The minimum Gasteiger partial charge on any atom is -0.446 e. The topological polar surface area (TPSA) is 96.8 Å². The number of rotatable bonds is 12. The maximum absolute atomic E-state index is 16.2. The highest BCUT2D eigenvalue weighted by Crippen LogP contribution is 2.52. The number of amides is 1. The van der Waals surface area contributed by atoms with Crippen molar-refractivity contribution in [3.63, 3.8) is 0 Å². The monoisotopic (exact) mass is 709 g/mol. The lowest BCUT2D eigenvalue weighted by atomic mass is 9.58. The minimum atomic E-state index is -3.26. The van der Waals surface area contributed by atoms with Crippen LogP contribution in [-0.4, -0.2) is 85.8 Å². The first kappa shape index (κ1) is 34.9. The second-order valence-electron chi connectivity index (χ2n) is 14.9. The number of carbonyl (C=O) groups is 1. The number of likely N-dealkylation sites (tertiary alicyclic amines) is 1. The van der Waals surface area contributed by atoms with E-state index in [0.29, 0.717) is 31.1 Å². The number of nitrogens with one attached hydrogen (secondary N) is 1. The molecule has 3 heterocycles. The molecule has 12 heteroatoms. The lowest BCUT2D eigenvalue weighted by Gasteiger charge is -2.52. The molecule has 7 rings (SSSR count). The van der Waals surface area contributed by atoms with E-state index >= 15 is 8.78 Å². The predicted octanol–water partition coefficient (Wildman–Crippen LogP) is 5.92. The van der Waals surface area contributed by atoms with E-state index in [9.17, 15) is 13.2 Å². The van der Waals surface area contributed by atoms with Crippen LogP contribution >= 0.6 is 0 Å². The van der Waals surface area contributed by atoms with Crippen molar-refractivity contribution in [2.24, 2.45) is 11.8 Å². The number of halogens is 2. The van der Waals surface area contributed by atoms with Crippen molar-refractivity contribution >= 4 is 21.6 Å². The van der Waals surface area contributed by atoms with Gasteiger partial charge in [-0.05, 0) is 106 Å². The summed E-state index contributed by atoms with van der Waals surface area (Å²) in [5.74, 6) is 0.757. The number of sulfone groups is 1. The number of piperidine rings is 1. The molecule has 4 aliphatic rings. The molecule has 3 aromatic rings. The molecule has 1 aromatic heterocycles. The molecule has 0 spiro atoms. The molecular weight excluding hydrogens is 661 g/mol. The fourth-order valence-corrected chi connectivity index (χ4v) is 10.8. The predicted molar refractivity (Wildman–Crippen MR) is 188 cm³/mol. The van der Waals surface area contributed by atoms with Crippen molar-refractivity contribution in [1.29, 1.82) is 0 Å². The highest BCUT2D eigenvalue weighted by atomic mass is 32.2. The van der Waals surface area contributed by atoms with E-state index in [2.05, 4.69) is 26.7 Å². The zero-order valence-electron chi connectivity index (χ0n) is 29.1. The van der Waals surface area contributed by atoms with Gasteiger partial charge in [-0.1, -0.05) is 19.1 Å². The normalized spacial score (nSPS) is 24.0. The summed E-state index contributed by atoms with van der Waals surface area (Å²) in [4.78, 5) is 21.7. The Morgan fingerprint density at radius 2 is 1.80 bits per heavy atom. The van der Waals surface area contributed by atoms with E-state index in [1.165, 1.54) is 6.07 Å². The molecule has 1 N–H and O–H groups in total. The molecule has 2 aliphatic carbocycles. The molecular formula is C38H49F2N5O4S. The maximum atomic E-state index is 16.2. The Balaban J connectivity index is 1.09. The van der Waals surface area contributed by atoms with Crippen LogP contribution < -0.4 is 10.2 Å². The van der Waals surface area contributed by atoms with Crippen molar-refractivity contribution in [3.8, 4) is 0 Å². The third kappa shape index (κ3) is 6.77. The molecule has 270 valence electrons. The van der Waals surface area contributed by atoms with Gasteiger partial charge in [-0.2, -0.15) is 0 Å². The summed E-state index contributed by atoms with van der Waals surface area (Å²) in [6.07, 6.45) is 9.36. The van der Waals surface area contributed by atoms with Gasteiger partial charge in [-0.3, -0.25) is 4.90 Å². The zero-order valence-corrected chi connectivity index (χ0v) is 29.9. The standard InChI is InChI=1S/C38H49F2N5O4S/c1-3-35-42-18-21-44(35)26-38(28-6-4-7-29(39)22-28,33-8-5-9-34(33)49-36(46)41-2)27-16-19-43(20-17-27)23-37(40)24-45(25-37)30-10-12-31(13-11-30)50(47,48)32-14-15-32/h4,6-7,10-13,18,21-22,27,32-34H,3,5,8-9,14-17,19-20,23-26H2,1-2H3,(H,41,46)/t33-,34-,38?/m0/s1. The number of aromatic nitrogens is 2. The van der Waals surface area contributed by atoms with Crippen LogP contribution in [0.25, 0.3) is 0 Å². The number of benzene rings is 2. The number of hydrogen-bond donors (Lipinski definition) is 1. The van der Waals surface area contributed by atoms with Crippen LogP contribution in [0.5, 0.6) is 0 Å². The van der Waals surface area contributed by atoms with Gasteiger partial charge in [0.15, 0.2) is 15.5 Å². The molecule has 1 unspecified atom stereocenters. The van der Waals surface area contributed by atoms with Gasteiger partial charge in [0.05, 0.1) is 23.2 Å². The van der Waals surface area contributed by atoms with Crippen LogP contribution in [0.4, 0.5) is 19.3 Å². The number of alkyl halides is 1. The number of alkyl carbamates (subject to hydrolysis) is 1. The van der Waals surface area contributed by atoms with Crippen molar-refractivity contribution in [1.82, 2.24) is 19.8 Å². The van der Waals surface area contributed by atoms with Gasteiger partial charge < -0.3 is 19.5 Å². The van der Waals surface area contributed by atoms with Crippen LogP contribution in [0.2, 0.25) is 0 Å². The first-order valence-electron chi connectivity index (χ1n) is 18.2. The van der Waals surface area contributed by atoms with Crippen molar-refractivity contribution < 1.29 is 26.7 Å². The average Bonchev–Trinajstić information content (AvgIpc) is 3.73. The molecule has 0 bridgehead atoms. The van der Waals surface area contributed by atoms with Gasteiger partial charge in [-0.15, -0.1) is 0 Å². The number of nitrogens with zero attached hydrogens (tertiary/aromatic N) is 4. The third-order valence-corrected chi connectivity index (χ3v) is 14.0. The molecule has 2 aliphatic heterocycles. The lowest BCUT2D eigenvalue weighted by molar-refractivity contribution is -0.00709. The van der Waals surface area contributed by atoms with Gasteiger partial charge in [-0.25, -0.2) is 27.0 Å². The van der Waals surface area contributed by atoms with E-state index < -0.39 is 27.0 Å². The largest absolute Gasteiger partial charge is 0.446 e. The Hall–Kier alpha value is -3.51. The average molecular weight is 710 g/mol. The van der Waals surface area contributed by atoms with E-state index in [1.54, 1.807) is 43.4 Å². The van der Waals surface area contributed by atoms with E-state index in [4.69, 9.17) is 4.74 Å². The van der Waals surface area contributed by atoms with E-state index in [0.717, 1.165) is 68.4 Å². The SMILES string of the molecule is CCc1nccn1CC(c1cccc(F)c1)(C1CCN(CC2(F)CN(c3ccc(S(=O)(=O)C4CC4)cc3)C2)CC1)[C@H]1CCC[C@@H]1OC(=O)NC. The summed E-state index contributed by atoms with van der Waals surface area (Å²) in [5, 5.41) is 2.36. The number of anilines is 1. The number of aryl methyl sites for hydroxylation is 1. The maximum Gasteiger partial charge on any atom is 0.407 e. The van der Waals surface area contributed by atoms with Gasteiger partial charge in [0.2, 0.25) is 0 Å². The Bertz CT molecular complexity index is 1770. The van der Waals surface area contributed by atoms with Crippen molar-refractivity contribution in [2.45, 2.75) is 92.2 Å². The molecule has 1 amide bonds. The molecule has 2 aromatic carbocycles. The first-order chi connectivity index (χ1) is 24.0. The summed E-state index contributed by atoms with van der Waals surface area (Å²) in [6.45, 7) is 4.93. The molecule has 50 heavy (non-hydrogen) atoms. The number of hydrogen-bond acceptors (Lipinski definition) is 7. The van der Waals surface area contributed by atoms with Crippen LogP contribution in [0.1, 0.15) is 63.3 Å². The Labute approximate surface area is 294 Å². The van der Waals surface area contributed by atoms with Gasteiger partial charge in [0.1, 0.15) is 17.7 Å². The molecule has 2 saturated heterocycles. The lowest BCUT2D eigenvalue weighted by Crippen LogP contribution is -2.64. The van der Waals surface area contributed by atoms with Gasteiger partial charge in [0, 0.05) is 56.0 Å². The minimum absolute atomic E-state index is 0.0383. The van der Waals surface area contributed by atoms with Crippen LogP contribution in [-0.2, 0) is 33.0 Å². The fraction of sp³-hybridized carbons (Fsp3) is 0.579. The zero-order chi connectivity index (χ0) is 35.1. The Kier molecular flexibility index (Phi) is 9.71. The number of ether oxygens (including phenoxy) is 1. The highest BCUT2D eigenvalue weighted by Gasteiger charge is 2.54. The van der Waals surface area contributed by atoms with E-state index in [-0.39, 0.29) is 42.1 Å². The van der Waals surface area contributed by atoms with Crippen LogP contribution in [0.3, 0.4) is 0 Å². The van der Waals surface area contributed by atoms with Crippen LogP contribution in [0.15, 0.2) is 65.8 Å². The number of imidazole rings is 1. The molecule has 9 nitrogen and oxygen atoms in total. The smallest absolute Gasteiger partial charge is 0.407 e. The molecule has 3 atom stereocenters. The molecule has 0 radical (unpaired) electrons. The first-order valence-corrected chi connectivity index (χ1v) is 19.7. The molecule has 2 saturated carbocycles. The second kappa shape index (κ2) is 13.9. The van der Waals surface area contributed by atoms with Crippen molar-refractivity contribution in [2.75, 3.05) is 44.7 Å². The van der Waals surface area contributed by atoms with Gasteiger partial charge in [0.25, 0.3) is 0 Å². The summed E-state index contributed by atoms with van der Waals surface area (Å²) >= 11 is 0. The second-order valence-corrected chi connectivity index (χ2v) is 17.1. The summed E-state index contributed by atoms with van der Waals surface area (Å²) in [5.41, 5.74) is -0.164. The highest BCUT2D eigenvalue weighted by molar-refractivity contribution is 7.92. The van der Waals surface area contributed by atoms with Crippen molar-refractivity contribution in [3.05, 3.63) is 78.1 Å².